The Bertz CT molecular complexity index is 632. The van der Waals surface area contributed by atoms with Crippen LogP contribution < -0.4 is 10.0 Å². The number of carbonyl (C=O) groups excluding carboxylic acids is 1. The van der Waals surface area contributed by atoms with Crippen LogP contribution in [0, 0.1) is 0 Å². The van der Waals surface area contributed by atoms with Gasteiger partial charge < -0.3 is 5.32 Å². The van der Waals surface area contributed by atoms with E-state index in [4.69, 9.17) is 11.6 Å². The maximum atomic E-state index is 12.7. The molecule has 0 heterocycles. The summed E-state index contributed by atoms with van der Waals surface area (Å²) in [6.45, 7) is -0.230. The summed E-state index contributed by atoms with van der Waals surface area (Å²) in [5, 5.41) is 1.70. The maximum absolute atomic E-state index is 12.7. The fraction of sp³-hybridized carbons (Fsp3) is 0.364. The van der Waals surface area contributed by atoms with Gasteiger partial charge in [0.15, 0.2) is 0 Å². The van der Waals surface area contributed by atoms with E-state index < -0.39 is 37.6 Å². The van der Waals surface area contributed by atoms with E-state index in [1.54, 1.807) is 0 Å². The third-order valence-electron chi connectivity index (χ3n) is 2.48. The van der Waals surface area contributed by atoms with E-state index in [-0.39, 0.29) is 13.0 Å². The lowest BCUT2D eigenvalue weighted by molar-refractivity contribution is -0.137. The van der Waals surface area contributed by atoms with Crippen LogP contribution in [-0.2, 0) is 21.0 Å². The van der Waals surface area contributed by atoms with E-state index in [9.17, 15) is 26.4 Å². The molecule has 0 saturated heterocycles. The molecule has 0 aromatic heterocycles. The molecule has 0 bridgehead atoms. The molecule has 0 aliphatic carbocycles. The van der Waals surface area contributed by atoms with E-state index >= 15 is 0 Å². The number of alkyl halides is 3. The average Bonchev–Trinajstić information content (AvgIpc) is 2.37. The zero-order valence-corrected chi connectivity index (χ0v) is 12.4. The van der Waals surface area contributed by atoms with Crippen LogP contribution >= 0.6 is 11.6 Å². The van der Waals surface area contributed by atoms with E-state index in [1.807, 2.05) is 4.72 Å². The Morgan fingerprint density at radius 1 is 1.33 bits per heavy atom. The fourth-order valence-electron chi connectivity index (χ4n) is 1.40. The molecule has 0 aliphatic heterocycles. The van der Waals surface area contributed by atoms with E-state index in [1.165, 1.54) is 7.05 Å². The van der Waals surface area contributed by atoms with Gasteiger partial charge in [0.2, 0.25) is 15.9 Å². The van der Waals surface area contributed by atoms with Gasteiger partial charge in [-0.2, -0.15) is 13.2 Å². The Kier molecular flexibility index (Phi) is 5.60. The number of amides is 1. The van der Waals surface area contributed by atoms with Crippen LogP contribution in [0.5, 0.6) is 0 Å². The predicted octanol–water partition coefficient (Wildman–Crippen LogP) is 1.77. The first kappa shape index (κ1) is 17.7. The number of benzene rings is 1. The van der Waals surface area contributed by atoms with Gasteiger partial charge >= 0.3 is 6.18 Å². The molecule has 118 valence electrons. The molecule has 0 spiro atoms. The summed E-state index contributed by atoms with van der Waals surface area (Å²) in [6, 6.07) is 2.27. The predicted molar refractivity (Wildman–Crippen MR) is 70.3 cm³/mol. The van der Waals surface area contributed by atoms with Crippen LogP contribution in [0.2, 0.25) is 5.02 Å². The SMILES string of the molecule is CNC(=O)CCNS(=O)(=O)c1ccc(Cl)c(C(F)(F)F)c1. The number of nitrogens with one attached hydrogen (secondary N) is 2. The zero-order valence-electron chi connectivity index (χ0n) is 10.8. The molecule has 1 aromatic carbocycles. The Morgan fingerprint density at radius 3 is 2.48 bits per heavy atom. The largest absolute Gasteiger partial charge is 0.417 e. The second-order valence-corrected chi connectivity index (χ2v) is 6.13. The second-order valence-electron chi connectivity index (χ2n) is 3.96. The second kappa shape index (κ2) is 6.63. The van der Waals surface area contributed by atoms with Crippen molar-refractivity contribution in [1.82, 2.24) is 10.0 Å². The Labute approximate surface area is 124 Å². The van der Waals surface area contributed by atoms with E-state index in [2.05, 4.69) is 5.32 Å². The minimum atomic E-state index is -4.76. The highest BCUT2D eigenvalue weighted by atomic mass is 35.5. The molecular formula is C11H12ClF3N2O3S. The lowest BCUT2D eigenvalue weighted by Crippen LogP contribution is -2.29. The van der Waals surface area contributed by atoms with Gasteiger partial charge in [0.05, 0.1) is 15.5 Å². The van der Waals surface area contributed by atoms with Crippen LogP contribution in [0.3, 0.4) is 0 Å². The van der Waals surface area contributed by atoms with Gasteiger partial charge in [0.25, 0.3) is 0 Å². The normalized spacial score (nSPS) is 12.2. The van der Waals surface area contributed by atoms with Crippen molar-refractivity contribution >= 4 is 27.5 Å². The van der Waals surface area contributed by atoms with Crippen LogP contribution in [-0.4, -0.2) is 27.9 Å². The summed E-state index contributed by atoms with van der Waals surface area (Å²) in [4.78, 5) is 10.4. The number of sulfonamides is 1. The molecule has 1 aromatic rings. The van der Waals surface area contributed by atoms with Gasteiger partial charge in [0.1, 0.15) is 0 Å². The van der Waals surface area contributed by atoms with E-state index in [0.717, 1.165) is 12.1 Å². The summed E-state index contributed by atoms with van der Waals surface area (Å²) in [6.07, 6.45) is -4.89. The van der Waals surface area contributed by atoms with Crippen molar-refractivity contribution < 1.29 is 26.4 Å². The highest BCUT2D eigenvalue weighted by molar-refractivity contribution is 7.89. The van der Waals surface area contributed by atoms with Gasteiger partial charge in [-0.1, -0.05) is 11.6 Å². The summed E-state index contributed by atoms with van der Waals surface area (Å²) in [5.74, 6) is -0.398. The molecule has 1 rings (SSSR count). The molecule has 0 aliphatic rings. The van der Waals surface area contributed by atoms with Gasteiger partial charge in [-0.25, -0.2) is 13.1 Å². The third-order valence-corrected chi connectivity index (χ3v) is 4.26. The smallest absolute Gasteiger partial charge is 0.359 e. The summed E-state index contributed by atoms with van der Waals surface area (Å²) in [5.41, 5.74) is -1.24. The molecule has 0 saturated carbocycles. The van der Waals surface area contributed by atoms with Crippen molar-refractivity contribution in [3.63, 3.8) is 0 Å². The number of carbonyl (C=O) groups is 1. The average molecular weight is 345 g/mol. The Hall–Kier alpha value is -1.32. The van der Waals surface area contributed by atoms with Crippen molar-refractivity contribution in [1.29, 1.82) is 0 Å². The minimum absolute atomic E-state index is 0.130. The number of hydrogen-bond acceptors (Lipinski definition) is 3. The molecule has 1 amide bonds. The van der Waals surface area contributed by atoms with Crippen LogP contribution in [0.4, 0.5) is 13.2 Å². The highest BCUT2D eigenvalue weighted by Gasteiger charge is 2.34. The first-order chi connectivity index (χ1) is 9.58. The molecule has 21 heavy (non-hydrogen) atoms. The van der Waals surface area contributed by atoms with Crippen molar-refractivity contribution in [2.75, 3.05) is 13.6 Å². The minimum Gasteiger partial charge on any atom is -0.359 e. The number of hydrogen-bond donors (Lipinski definition) is 2. The molecule has 0 radical (unpaired) electrons. The zero-order chi connectivity index (χ0) is 16.3. The molecule has 0 unspecified atom stereocenters. The first-order valence-corrected chi connectivity index (χ1v) is 7.51. The van der Waals surface area contributed by atoms with Crippen LogP contribution in [0.1, 0.15) is 12.0 Å². The topological polar surface area (TPSA) is 75.3 Å². The van der Waals surface area contributed by atoms with Crippen LogP contribution in [0.25, 0.3) is 0 Å². The molecule has 10 heteroatoms. The van der Waals surface area contributed by atoms with Gasteiger partial charge in [-0.05, 0) is 18.2 Å². The van der Waals surface area contributed by atoms with Gasteiger partial charge in [-0.3, -0.25) is 4.79 Å². The lowest BCUT2D eigenvalue weighted by atomic mass is 10.2. The molecule has 0 fully saturated rings. The van der Waals surface area contributed by atoms with Crippen molar-refractivity contribution in [2.45, 2.75) is 17.5 Å². The molecule has 5 nitrogen and oxygen atoms in total. The lowest BCUT2D eigenvalue weighted by Gasteiger charge is -2.11. The molecule has 0 atom stereocenters. The van der Waals surface area contributed by atoms with Crippen molar-refractivity contribution in [3.05, 3.63) is 28.8 Å². The monoisotopic (exact) mass is 344 g/mol. The fourth-order valence-corrected chi connectivity index (χ4v) is 2.68. The molecule has 2 N–H and O–H groups in total. The maximum Gasteiger partial charge on any atom is 0.417 e. The summed E-state index contributed by atoms with van der Waals surface area (Å²) < 4.78 is 63.7. The van der Waals surface area contributed by atoms with Crippen molar-refractivity contribution in [3.8, 4) is 0 Å². The highest BCUT2D eigenvalue weighted by Crippen LogP contribution is 2.35. The Morgan fingerprint density at radius 2 is 1.95 bits per heavy atom. The molecular weight excluding hydrogens is 333 g/mol. The summed E-state index contributed by atoms with van der Waals surface area (Å²) in [7, 11) is -2.77. The van der Waals surface area contributed by atoms with Crippen LogP contribution in [0.15, 0.2) is 23.1 Å². The number of halogens is 4. The van der Waals surface area contributed by atoms with Gasteiger partial charge in [0, 0.05) is 20.0 Å². The standard InChI is InChI=1S/C11H12ClF3N2O3S/c1-16-10(18)4-5-17-21(19,20)7-2-3-9(12)8(6-7)11(13,14)15/h2-3,6,17H,4-5H2,1H3,(H,16,18). The van der Waals surface area contributed by atoms with Gasteiger partial charge in [-0.15, -0.1) is 0 Å². The van der Waals surface area contributed by atoms with E-state index in [0.29, 0.717) is 6.07 Å². The number of rotatable bonds is 5. The first-order valence-electron chi connectivity index (χ1n) is 5.65. The van der Waals surface area contributed by atoms with Crippen molar-refractivity contribution in [2.24, 2.45) is 0 Å². The third kappa shape index (κ3) is 4.87. The Balaban J connectivity index is 2.97. The quantitative estimate of drug-likeness (QED) is 0.855. The summed E-state index contributed by atoms with van der Waals surface area (Å²) >= 11 is 5.41.